The number of hydrogen-bond donors (Lipinski definition) is 0. The van der Waals surface area contributed by atoms with Crippen molar-refractivity contribution >= 4 is 17.2 Å². The molecule has 3 rings (SSSR count). The maximum Gasteiger partial charge on any atom is 0.237 e. The quantitative estimate of drug-likeness (QED) is 0.833. The Morgan fingerprint density at radius 1 is 1.42 bits per heavy atom. The summed E-state index contributed by atoms with van der Waals surface area (Å²) in [4.78, 5) is 21.0. The Kier molecular flexibility index (Phi) is 4.10. The van der Waals surface area contributed by atoms with Crippen molar-refractivity contribution in [1.82, 2.24) is 14.8 Å². The summed E-state index contributed by atoms with van der Waals surface area (Å²) < 4.78 is 5.31. The lowest BCUT2D eigenvalue weighted by Gasteiger charge is -2.29. The first-order valence-electron chi connectivity index (χ1n) is 6.83. The van der Waals surface area contributed by atoms with Gasteiger partial charge in [-0.05, 0) is 12.8 Å². The van der Waals surface area contributed by atoms with Gasteiger partial charge in [0.1, 0.15) is 5.01 Å². The minimum absolute atomic E-state index is 0.202. The van der Waals surface area contributed by atoms with E-state index >= 15 is 0 Å². The molecule has 0 aromatic carbocycles. The Morgan fingerprint density at radius 3 is 3.00 bits per heavy atom. The normalized spacial score (nSPS) is 24.8. The van der Waals surface area contributed by atoms with Crippen molar-refractivity contribution in [2.24, 2.45) is 0 Å². The van der Waals surface area contributed by atoms with Gasteiger partial charge >= 0.3 is 0 Å². The molecule has 2 aliphatic rings. The molecule has 0 radical (unpaired) electrons. The average molecular weight is 281 g/mol. The van der Waals surface area contributed by atoms with Gasteiger partial charge in [-0.2, -0.15) is 0 Å². The Labute approximate surface area is 117 Å². The number of carbonyl (C=O) groups excluding carboxylic acids is 1. The molecule has 2 fully saturated rings. The van der Waals surface area contributed by atoms with Gasteiger partial charge in [0.2, 0.25) is 5.91 Å². The second-order valence-electron chi connectivity index (χ2n) is 5.00. The predicted molar refractivity (Wildman–Crippen MR) is 73.1 cm³/mol. The van der Waals surface area contributed by atoms with Gasteiger partial charge in [0.05, 0.1) is 25.8 Å². The molecule has 5 nitrogen and oxygen atoms in total. The molecule has 104 valence electrons. The summed E-state index contributed by atoms with van der Waals surface area (Å²) in [6.07, 6.45) is 3.95. The molecular formula is C13H19N3O2S. The topological polar surface area (TPSA) is 45.7 Å². The number of aromatic nitrogens is 1. The summed E-state index contributed by atoms with van der Waals surface area (Å²) >= 11 is 1.65. The third-order valence-corrected chi connectivity index (χ3v) is 4.65. The fourth-order valence-electron chi connectivity index (χ4n) is 2.76. The lowest BCUT2D eigenvalue weighted by atomic mass is 10.2. The highest BCUT2D eigenvalue weighted by Crippen LogP contribution is 2.32. The summed E-state index contributed by atoms with van der Waals surface area (Å²) in [6, 6.07) is 0.202. The summed E-state index contributed by atoms with van der Waals surface area (Å²) in [5.74, 6) is 0.236. The van der Waals surface area contributed by atoms with Crippen LogP contribution in [-0.4, -0.2) is 60.1 Å². The Balaban J connectivity index is 1.62. The predicted octanol–water partition coefficient (Wildman–Crippen LogP) is 1.14. The molecule has 2 saturated heterocycles. The van der Waals surface area contributed by atoms with E-state index in [2.05, 4.69) is 9.88 Å². The molecule has 6 heteroatoms. The average Bonchev–Trinajstić information content (AvgIpc) is 3.10. The molecular weight excluding hydrogens is 262 g/mol. The molecule has 3 heterocycles. The highest BCUT2D eigenvalue weighted by atomic mass is 32.1. The van der Waals surface area contributed by atoms with Crippen LogP contribution in [0, 0.1) is 0 Å². The summed E-state index contributed by atoms with van der Waals surface area (Å²) in [7, 11) is 0. The number of amides is 1. The van der Waals surface area contributed by atoms with E-state index < -0.39 is 0 Å². The van der Waals surface area contributed by atoms with Crippen LogP contribution in [0.3, 0.4) is 0 Å². The Morgan fingerprint density at radius 2 is 2.26 bits per heavy atom. The van der Waals surface area contributed by atoms with Crippen LogP contribution in [-0.2, 0) is 9.53 Å². The van der Waals surface area contributed by atoms with Gasteiger partial charge in [0.15, 0.2) is 0 Å². The van der Waals surface area contributed by atoms with E-state index in [4.69, 9.17) is 4.74 Å². The number of rotatable bonds is 3. The second kappa shape index (κ2) is 5.98. The van der Waals surface area contributed by atoms with Crippen LogP contribution < -0.4 is 0 Å². The third-order valence-electron chi connectivity index (χ3n) is 3.77. The SMILES string of the molecule is O=C(CN1CCOCC1)N1CCC[C@@H]1c1nccs1. The summed E-state index contributed by atoms with van der Waals surface area (Å²) in [5, 5.41) is 3.06. The van der Waals surface area contributed by atoms with E-state index in [1.54, 1.807) is 11.3 Å². The minimum atomic E-state index is 0.202. The van der Waals surface area contributed by atoms with Crippen molar-refractivity contribution in [2.75, 3.05) is 39.4 Å². The first-order chi connectivity index (χ1) is 9.34. The highest BCUT2D eigenvalue weighted by molar-refractivity contribution is 7.09. The number of nitrogens with zero attached hydrogens (tertiary/aromatic N) is 3. The molecule has 0 saturated carbocycles. The largest absolute Gasteiger partial charge is 0.379 e. The summed E-state index contributed by atoms with van der Waals surface area (Å²) in [6.45, 7) is 4.59. The van der Waals surface area contributed by atoms with Gasteiger partial charge in [-0.15, -0.1) is 11.3 Å². The zero-order valence-electron chi connectivity index (χ0n) is 11.0. The highest BCUT2D eigenvalue weighted by Gasteiger charge is 2.32. The van der Waals surface area contributed by atoms with Crippen LogP contribution in [0.25, 0.3) is 0 Å². The molecule has 1 aromatic rings. The summed E-state index contributed by atoms with van der Waals surface area (Å²) in [5.41, 5.74) is 0. The van der Waals surface area contributed by atoms with Crippen LogP contribution in [0.5, 0.6) is 0 Å². The van der Waals surface area contributed by atoms with Gasteiger partial charge in [0, 0.05) is 31.2 Å². The van der Waals surface area contributed by atoms with E-state index in [-0.39, 0.29) is 11.9 Å². The van der Waals surface area contributed by atoms with Gasteiger partial charge in [-0.1, -0.05) is 0 Å². The van der Waals surface area contributed by atoms with E-state index in [9.17, 15) is 4.79 Å². The zero-order valence-corrected chi connectivity index (χ0v) is 11.8. The van der Waals surface area contributed by atoms with Crippen LogP contribution >= 0.6 is 11.3 Å². The van der Waals surface area contributed by atoms with E-state index in [0.717, 1.165) is 50.7 Å². The monoisotopic (exact) mass is 281 g/mol. The minimum Gasteiger partial charge on any atom is -0.379 e. The first-order valence-corrected chi connectivity index (χ1v) is 7.71. The Bertz CT molecular complexity index is 418. The van der Waals surface area contributed by atoms with Crippen LogP contribution in [0.1, 0.15) is 23.9 Å². The molecule has 2 aliphatic heterocycles. The zero-order chi connectivity index (χ0) is 13.1. The van der Waals surface area contributed by atoms with Gasteiger partial charge in [0.25, 0.3) is 0 Å². The fraction of sp³-hybridized carbons (Fsp3) is 0.692. The van der Waals surface area contributed by atoms with Gasteiger partial charge < -0.3 is 9.64 Å². The van der Waals surface area contributed by atoms with Crippen molar-refractivity contribution in [3.8, 4) is 0 Å². The third kappa shape index (κ3) is 2.96. The van der Waals surface area contributed by atoms with Crippen molar-refractivity contribution in [2.45, 2.75) is 18.9 Å². The van der Waals surface area contributed by atoms with Crippen molar-refractivity contribution in [1.29, 1.82) is 0 Å². The van der Waals surface area contributed by atoms with Crippen LogP contribution in [0.15, 0.2) is 11.6 Å². The fourth-order valence-corrected chi connectivity index (χ4v) is 3.55. The van der Waals surface area contributed by atoms with Crippen molar-refractivity contribution < 1.29 is 9.53 Å². The molecule has 0 spiro atoms. The number of carbonyl (C=O) groups is 1. The van der Waals surface area contributed by atoms with Crippen LogP contribution in [0.2, 0.25) is 0 Å². The molecule has 0 aliphatic carbocycles. The van der Waals surface area contributed by atoms with Crippen molar-refractivity contribution in [3.63, 3.8) is 0 Å². The number of hydrogen-bond acceptors (Lipinski definition) is 5. The first kappa shape index (κ1) is 13.0. The van der Waals surface area contributed by atoms with E-state index in [1.165, 1.54) is 0 Å². The van der Waals surface area contributed by atoms with E-state index in [0.29, 0.717) is 6.54 Å². The molecule has 0 bridgehead atoms. The van der Waals surface area contributed by atoms with Gasteiger partial charge in [-0.3, -0.25) is 9.69 Å². The smallest absolute Gasteiger partial charge is 0.237 e. The van der Waals surface area contributed by atoms with Crippen LogP contribution in [0.4, 0.5) is 0 Å². The number of likely N-dealkylation sites (tertiary alicyclic amines) is 1. The van der Waals surface area contributed by atoms with E-state index in [1.807, 2.05) is 16.5 Å². The number of morpholine rings is 1. The molecule has 1 amide bonds. The molecule has 19 heavy (non-hydrogen) atoms. The lowest BCUT2D eigenvalue weighted by Crippen LogP contribution is -2.44. The maximum absolute atomic E-state index is 12.4. The molecule has 1 aromatic heterocycles. The number of ether oxygens (including phenoxy) is 1. The number of thiazole rings is 1. The second-order valence-corrected chi connectivity index (χ2v) is 5.93. The molecule has 0 unspecified atom stereocenters. The molecule has 0 N–H and O–H groups in total. The van der Waals surface area contributed by atoms with Crippen molar-refractivity contribution in [3.05, 3.63) is 16.6 Å². The van der Waals surface area contributed by atoms with Gasteiger partial charge in [-0.25, -0.2) is 4.98 Å². The maximum atomic E-state index is 12.4. The standard InChI is InChI=1S/C13H19N3O2S/c17-12(10-15-5-7-18-8-6-15)16-4-1-2-11(16)13-14-3-9-19-13/h3,9,11H,1-2,4-8,10H2/t11-/m1/s1. The molecule has 1 atom stereocenters. The Hall–Kier alpha value is -0.980. The lowest BCUT2D eigenvalue weighted by molar-refractivity contribution is -0.134.